The Hall–Kier alpha value is -1.47. The van der Waals surface area contributed by atoms with Crippen LogP contribution >= 0.6 is 11.8 Å². The average Bonchev–Trinajstić information content (AvgIpc) is 2.77. The molecule has 0 aromatic heterocycles. The summed E-state index contributed by atoms with van der Waals surface area (Å²) in [5.74, 6) is 0. The molecule has 0 nitrogen and oxygen atoms in total. The Morgan fingerprint density at radius 1 is 0.882 bits per heavy atom. The number of benzene rings is 1. The predicted molar refractivity (Wildman–Crippen MR) is 75.8 cm³/mol. The van der Waals surface area contributed by atoms with Crippen molar-refractivity contribution in [3.63, 3.8) is 0 Å². The Bertz CT molecular complexity index is 602. The standard InChI is InChI=1S/C16H12S/c1-2-6-12-11(5-1)9-10-15-16(12)13-7-3-4-8-14(13)17-15/h1-10,14-15H. The van der Waals surface area contributed by atoms with Crippen molar-refractivity contribution >= 4 is 23.4 Å². The first-order valence-electron chi connectivity index (χ1n) is 5.95. The van der Waals surface area contributed by atoms with Crippen molar-refractivity contribution in [2.24, 2.45) is 0 Å². The van der Waals surface area contributed by atoms with E-state index in [-0.39, 0.29) is 0 Å². The summed E-state index contributed by atoms with van der Waals surface area (Å²) in [5.41, 5.74) is 5.80. The molecule has 0 amide bonds. The molecule has 0 radical (unpaired) electrons. The zero-order valence-electron chi connectivity index (χ0n) is 9.34. The molecule has 0 fully saturated rings. The molecule has 0 saturated heterocycles. The van der Waals surface area contributed by atoms with Gasteiger partial charge in [0.1, 0.15) is 0 Å². The molecule has 0 spiro atoms. The van der Waals surface area contributed by atoms with E-state index in [1.165, 1.54) is 22.3 Å². The first-order valence-corrected chi connectivity index (χ1v) is 6.90. The molecule has 3 aliphatic rings. The Kier molecular flexibility index (Phi) is 1.97. The molecule has 0 N–H and O–H groups in total. The summed E-state index contributed by atoms with van der Waals surface area (Å²) in [5, 5.41) is 1.09. The number of hydrogen-bond acceptors (Lipinski definition) is 1. The lowest BCUT2D eigenvalue weighted by Crippen LogP contribution is -2.04. The summed E-state index contributed by atoms with van der Waals surface area (Å²) in [6, 6.07) is 8.72. The number of rotatable bonds is 0. The highest BCUT2D eigenvalue weighted by atomic mass is 32.2. The van der Waals surface area contributed by atoms with E-state index >= 15 is 0 Å². The average molecular weight is 236 g/mol. The molecular formula is C16H12S. The molecule has 1 aromatic carbocycles. The minimum atomic E-state index is 0.539. The molecule has 0 bridgehead atoms. The molecule has 1 heteroatoms. The lowest BCUT2D eigenvalue weighted by atomic mass is 9.87. The highest BCUT2D eigenvalue weighted by Gasteiger charge is 2.33. The highest BCUT2D eigenvalue weighted by Crippen LogP contribution is 2.49. The summed E-state index contributed by atoms with van der Waals surface area (Å²) < 4.78 is 0. The number of thioether (sulfide) groups is 1. The number of hydrogen-bond donors (Lipinski definition) is 0. The summed E-state index contributed by atoms with van der Waals surface area (Å²) in [7, 11) is 0. The second-order valence-corrected chi connectivity index (χ2v) is 5.82. The maximum absolute atomic E-state index is 2.34. The SMILES string of the molecule is C1=CC2=C3c4ccccc4C=CC3SC2C=C1. The molecule has 82 valence electrons. The molecule has 4 rings (SSSR count). The third-order valence-electron chi connectivity index (χ3n) is 3.57. The molecule has 1 aliphatic heterocycles. The molecule has 2 unspecified atom stereocenters. The van der Waals surface area contributed by atoms with Gasteiger partial charge in [-0.05, 0) is 22.3 Å². The van der Waals surface area contributed by atoms with Crippen LogP contribution in [0.4, 0.5) is 0 Å². The van der Waals surface area contributed by atoms with Gasteiger partial charge in [0.15, 0.2) is 0 Å². The van der Waals surface area contributed by atoms with E-state index in [2.05, 4.69) is 60.7 Å². The van der Waals surface area contributed by atoms with Crippen LogP contribution < -0.4 is 0 Å². The van der Waals surface area contributed by atoms with E-state index in [0.29, 0.717) is 10.5 Å². The smallest absolute Gasteiger partial charge is 0.0499 e. The van der Waals surface area contributed by atoms with E-state index in [9.17, 15) is 0 Å². The Morgan fingerprint density at radius 3 is 2.82 bits per heavy atom. The first-order chi connectivity index (χ1) is 8.43. The maximum atomic E-state index is 2.34. The van der Waals surface area contributed by atoms with Crippen molar-refractivity contribution in [2.75, 3.05) is 0 Å². The number of fused-ring (bicyclic) bond motifs is 4. The predicted octanol–water partition coefficient (Wildman–Crippen LogP) is 4.08. The molecule has 2 aliphatic carbocycles. The fourth-order valence-corrected chi connectivity index (χ4v) is 4.22. The van der Waals surface area contributed by atoms with Gasteiger partial charge >= 0.3 is 0 Å². The third kappa shape index (κ3) is 1.32. The minimum Gasteiger partial charge on any atom is -0.137 e. The second kappa shape index (κ2) is 3.51. The van der Waals surface area contributed by atoms with E-state index in [4.69, 9.17) is 0 Å². The van der Waals surface area contributed by atoms with Crippen molar-refractivity contribution in [3.05, 3.63) is 71.3 Å². The fraction of sp³-hybridized carbons (Fsp3) is 0.125. The van der Waals surface area contributed by atoms with Gasteiger partial charge in [-0.25, -0.2) is 0 Å². The normalized spacial score (nSPS) is 28.0. The third-order valence-corrected chi connectivity index (χ3v) is 4.96. The minimum absolute atomic E-state index is 0.539. The van der Waals surface area contributed by atoms with Crippen molar-refractivity contribution in [1.29, 1.82) is 0 Å². The van der Waals surface area contributed by atoms with Crippen molar-refractivity contribution < 1.29 is 0 Å². The van der Waals surface area contributed by atoms with Gasteiger partial charge in [-0.2, -0.15) is 0 Å². The summed E-state index contributed by atoms with van der Waals surface area (Å²) in [4.78, 5) is 0. The van der Waals surface area contributed by atoms with Gasteiger partial charge in [0, 0.05) is 10.5 Å². The molecular weight excluding hydrogens is 224 g/mol. The summed E-state index contributed by atoms with van der Waals surface area (Å²) in [6.07, 6.45) is 13.5. The summed E-state index contributed by atoms with van der Waals surface area (Å²) >= 11 is 2.04. The Labute approximate surface area is 105 Å². The van der Waals surface area contributed by atoms with Crippen molar-refractivity contribution in [2.45, 2.75) is 10.5 Å². The van der Waals surface area contributed by atoms with Gasteiger partial charge < -0.3 is 0 Å². The van der Waals surface area contributed by atoms with Gasteiger partial charge in [0.2, 0.25) is 0 Å². The fourth-order valence-electron chi connectivity index (χ4n) is 2.80. The largest absolute Gasteiger partial charge is 0.137 e. The van der Waals surface area contributed by atoms with Gasteiger partial charge in [-0.3, -0.25) is 0 Å². The second-order valence-electron chi connectivity index (χ2n) is 4.54. The van der Waals surface area contributed by atoms with Crippen LogP contribution in [0.15, 0.2) is 60.2 Å². The van der Waals surface area contributed by atoms with Crippen LogP contribution in [0.3, 0.4) is 0 Å². The van der Waals surface area contributed by atoms with E-state index < -0.39 is 0 Å². The first kappa shape index (κ1) is 9.55. The number of allylic oxidation sites excluding steroid dienone is 3. The van der Waals surface area contributed by atoms with Crippen LogP contribution in [0.2, 0.25) is 0 Å². The van der Waals surface area contributed by atoms with Crippen LogP contribution in [0, 0.1) is 0 Å². The van der Waals surface area contributed by atoms with Gasteiger partial charge in [-0.1, -0.05) is 60.7 Å². The van der Waals surface area contributed by atoms with E-state index in [1.807, 2.05) is 11.8 Å². The lowest BCUT2D eigenvalue weighted by Gasteiger charge is -2.18. The monoisotopic (exact) mass is 236 g/mol. The van der Waals surface area contributed by atoms with Crippen molar-refractivity contribution in [1.82, 2.24) is 0 Å². The quantitative estimate of drug-likeness (QED) is 0.654. The molecule has 17 heavy (non-hydrogen) atoms. The van der Waals surface area contributed by atoms with E-state index in [1.54, 1.807) is 0 Å². The van der Waals surface area contributed by atoms with Crippen LogP contribution in [-0.2, 0) is 0 Å². The Balaban J connectivity index is 1.99. The molecule has 0 saturated carbocycles. The Morgan fingerprint density at radius 2 is 1.82 bits per heavy atom. The zero-order chi connectivity index (χ0) is 11.2. The van der Waals surface area contributed by atoms with Crippen LogP contribution in [0.5, 0.6) is 0 Å². The zero-order valence-corrected chi connectivity index (χ0v) is 10.2. The van der Waals surface area contributed by atoms with E-state index in [0.717, 1.165) is 0 Å². The van der Waals surface area contributed by atoms with Gasteiger partial charge in [0.05, 0.1) is 0 Å². The lowest BCUT2D eigenvalue weighted by molar-refractivity contribution is 1.30. The molecule has 1 aromatic rings. The van der Waals surface area contributed by atoms with Crippen molar-refractivity contribution in [3.8, 4) is 0 Å². The summed E-state index contributed by atoms with van der Waals surface area (Å²) in [6.45, 7) is 0. The molecule has 2 atom stereocenters. The topological polar surface area (TPSA) is 0 Å². The highest BCUT2D eigenvalue weighted by molar-refractivity contribution is 8.01. The maximum Gasteiger partial charge on any atom is 0.0499 e. The molecule has 1 heterocycles. The van der Waals surface area contributed by atoms with Crippen LogP contribution in [0.25, 0.3) is 11.6 Å². The van der Waals surface area contributed by atoms with Gasteiger partial charge in [-0.15, -0.1) is 11.8 Å². The van der Waals surface area contributed by atoms with Crippen LogP contribution in [-0.4, -0.2) is 10.5 Å². The van der Waals surface area contributed by atoms with Gasteiger partial charge in [0.25, 0.3) is 0 Å². The van der Waals surface area contributed by atoms with Crippen LogP contribution in [0.1, 0.15) is 11.1 Å².